The number of rotatable bonds is 7. The lowest BCUT2D eigenvalue weighted by Crippen LogP contribution is -2.33. The van der Waals surface area contributed by atoms with Gasteiger partial charge in [-0.25, -0.2) is 0 Å². The Balaban J connectivity index is 3.48. The number of aliphatic hydroxyl groups excluding tert-OH is 1. The maximum absolute atomic E-state index is 9.21. The number of nitrogens with zero attached hydrogens (tertiary/aromatic N) is 2. The molecule has 3 heteroatoms. The van der Waals surface area contributed by atoms with E-state index in [1.807, 2.05) is 6.92 Å². The molecular formula is C10H24N2O. The largest absolute Gasteiger partial charge is 0.392 e. The van der Waals surface area contributed by atoms with Crippen LogP contribution in [0.15, 0.2) is 0 Å². The fraction of sp³-hybridized carbons (Fsp3) is 1.00. The molecule has 0 aromatic rings. The first-order chi connectivity index (χ1) is 6.06. The molecule has 0 fully saturated rings. The van der Waals surface area contributed by atoms with Gasteiger partial charge in [0.15, 0.2) is 0 Å². The average molecular weight is 188 g/mol. The van der Waals surface area contributed by atoms with E-state index in [0.29, 0.717) is 0 Å². The van der Waals surface area contributed by atoms with Crippen LogP contribution in [0.5, 0.6) is 0 Å². The lowest BCUT2D eigenvalue weighted by Gasteiger charge is -2.22. The highest BCUT2D eigenvalue weighted by molar-refractivity contribution is 4.60. The van der Waals surface area contributed by atoms with Gasteiger partial charge in [-0.2, -0.15) is 0 Å². The van der Waals surface area contributed by atoms with E-state index in [4.69, 9.17) is 0 Å². The van der Waals surface area contributed by atoms with Crippen LogP contribution in [-0.4, -0.2) is 61.3 Å². The Bertz CT molecular complexity index is 115. The monoisotopic (exact) mass is 188 g/mol. The predicted octanol–water partition coefficient (Wildman–Crippen LogP) is 0.641. The van der Waals surface area contributed by atoms with E-state index < -0.39 is 0 Å². The molecule has 0 heterocycles. The highest BCUT2D eigenvalue weighted by Crippen LogP contribution is 1.94. The van der Waals surface area contributed by atoms with Crippen LogP contribution in [0, 0.1) is 0 Å². The molecule has 0 saturated heterocycles. The Morgan fingerprint density at radius 1 is 1.23 bits per heavy atom. The molecule has 1 N–H and O–H groups in total. The van der Waals surface area contributed by atoms with E-state index >= 15 is 0 Å². The molecule has 13 heavy (non-hydrogen) atoms. The van der Waals surface area contributed by atoms with Gasteiger partial charge in [-0.1, -0.05) is 6.92 Å². The minimum atomic E-state index is -0.209. The standard InChI is InChI=1S/C10H24N2O/c1-5-12(9-10(2)13)8-6-7-11(3)4/h10,13H,5-9H2,1-4H3/t10-/m1/s1. The Hall–Kier alpha value is -0.120. The van der Waals surface area contributed by atoms with Gasteiger partial charge < -0.3 is 14.9 Å². The molecule has 0 aromatic heterocycles. The minimum absolute atomic E-state index is 0.209. The third-order valence-corrected chi connectivity index (χ3v) is 2.05. The Morgan fingerprint density at radius 2 is 1.85 bits per heavy atom. The lowest BCUT2D eigenvalue weighted by molar-refractivity contribution is 0.127. The molecule has 80 valence electrons. The van der Waals surface area contributed by atoms with Gasteiger partial charge in [0.25, 0.3) is 0 Å². The van der Waals surface area contributed by atoms with Crippen LogP contribution >= 0.6 is 0 Å². The van der Waals surface area contributed by atoms with Gasteiger partial charge in [0.2, 0.25) is 0 Å². The second kappa shape index (κ2) is 7.30. The molecule has 0 aliphatic heterocycles. The quantitative estimate of drug-likeness (QED) is 0.635. The number of hydrogen-bond acceptors (Lipinski definition) is 3. The molecule has 0 spiro atoms. The van der Waals surface area contributed by atoms with Gasteiger partial charge in [-0.3, -0.25) is 0 Å². The lowest BCUT2D eigenvalue weighted by atomic mass is 10.3. The first kappa shape index (κ1) is 12.9. The Morgan fingerprint density at radius 3 is 2.23 bits per heavy atom. The number of hydrogen-bond donors (Lipinski definition) is 1. The molecule has 0 aliphatic rings. The molecule has 0 aromatic carbocycles. The van der Waals surface area contributed by atoms with Gasteiger partial charge >= 0.3 is 0 Å². The predicted molar refractivity (Wildman–Crippen MR) is 57.0 cm³/mol. The fourth-order valence-electron chi connectivity index (χ4n) is 1.36. The van der Waals surface area contributed by atoms with E-state index in [2.05, 4.69) is 30.8 Å². The second-order valence-electron chi connectivity index (χ2n) is 3.90. The van der Waals surface area contributed by atoms with Crippen LogP contribution in [0.25, 0.3) is 0 Å². The molecule has 0 bridgehead atoms. The summed E-state index contributed by atoms with van der Waals surface area (Å²) in [5.41, 5.74) is 0. The molecule has 0 aliphatic carbocycles. The van der Waals surface area contributed by atoms with Crippen LogP contribution in [0.1, 0.15) is 20.3 Å². The van der Waals surface area contributed by atoms with Crippen molar-refractivity contribution in [3.8, 4) is 0 Å². The number of aliphatic hydroxyl groups is 1. The summed E-state index contributed by atoms with van der Waals surface area (Å²) >= 11 is 0. The first-order valence-electron chi connectivity index (χ1n) is 5.11. The zero-order chi connectivity index (χ0) is 10.3. The molecule has 3 nitrogen and oxygen atoms in total. The van der Waals surface area contributed by atoms with Gasteiger partial charge in [-0.15, -0.1) is 0 Å². The van der Waals surface area contributed by atoms with Crippen molar-refractivity contribution in [1.82, 2.24) is 9.80 Å². The summed E-state index contributed by atoms with van der Waals surface area (Å²) < 4.78 is 0. The van der Waals surface area contributed by atoms with Crippen molar-refractivity contribution in [3.05, 3.63) is 0 Å². The van der Waals surface area contributed by atoms with E-state index in [1.165, 1.54) is 6.42 Å². The molecule has 0 unspecified atom stereocenters. The molecule has 1 atom stereocenters. The van der Waals surface area contributed by atoms with Gasteiger partial charge in [0.1, 0.15) is 0 Å². The number of likely N-dealkylation sites (N-methyl/N-ethyl adjacent to an activating group) is 1. The topological polar surface area (TPSA) is 26.7 Å². The fourth-order valence-corrected chi connectivity index (χ4v) is 1.36. The van der Waals surface area contributed by atoms with Gasteiger partial charge in [-0.05, 0) is 47.1 Å². The summed E-state index contributed by atoms with van der Waals surface area (Å²) in [7, 11) is 4.18. The SMILES string of the molecule is CCN(CCCN(C)C)C[C@@H](C)O. The van der Waals surface area contributed by atoms with E-state index in [9.17, 15) is 5.11 Å². The van der Waals surface area contributed by atoms with Crippen LogP contribution < -0.4 is 0 Å². The highest BCUT2D eigenvalue weighted by atomic mass is 16.3. The van der Waals surface area contributed by atoms with Crippen molar-refractivity contribution < 1.29 is 5.11 Å². The van der Waals surface area contributed by atoms with Crippen molar-refractivity contribution in [3.63, 3.8) is 0 Å². The van der Waals surface area contributed by atoms with Crippen LogP contribution in [0.3, 0.4) is 0 Å². The smallest absolute Gasteiger partial charge is 0.0639 e. The third kappa shape index (κ3) is 8.22. The maximum atomic E-state index is 9.21. The van der Waals surface area contributed by atoms with Crippen molar-refractivity contribution in [2.75, 3.05) is 40.3 Å². The summed E-state index contributed by atoms with van der Waals surface area (Å²) in [5.74, 6) is 0. The average Bonchev–Trinajstić information content (AvgIpc) is 2.01. The van der Waals surface area contributed by atoms with Gasteiger partial charge in [0, 0.05) is 6.54 Å². The molecule has 0 radical (unpaired) electrons. The minimum Gasteiger partial charge on any atom is -0.392 e. The van der Waals surface area contributed by atoms with E-state index in [1.54, 1.807) is 0 Å². The summed E-state index contributed by atoms with van der Waals surface area (Å²) in [6.07, 6.45) is 0.965. The summed E-state index contributed by atoms with van der Waals surface area (Å²) in [5, 5.41) is 9.21. The molecular weight excluding hydrogens is 164 g/mol. The Labute approximate surface area is 82.3 Å². The van der Waals surface area contributed by atoms with Crippen molar-refractivity contribution in [2.24, 2.45) is 0 Å². The van der Waals surface area contributed by atoms with Crippen molar-refractivity contribution in [2.45, 2.75) is 26.4 Å². The molecule has 0 amide bonds. The molecule has 0 saturated carbocycles. The van der Waals surface area contributed by atoms with Crippen LogP contribution in [0.2, 0.25) is 0 Å². The summed E-state index contributed by atoms with van der Waals surface area (Å²) in [6.45, 7) is 8.00. The third-order valence-electron chi connectivity index (χ3n) is 2.05. The molecule has 0 rings (SSSR count). The van der Waals surface area contributed by atoms with Crippen molar-refractivity contribution in [1.29, 1.82) is 0 Å². The van der Waals surface area contributed by atoms with E-state index in [-0.39, 0.29) is 6.10 Å². The summed E-state index contributed by atoms with van der Waals surface area (Å²) in [6, 6.07) is 0. The van der Waals surface area contributed by atoms with Crippen LogP contribution in [-0.2, 0) is 0 Å². The van der Waals surface area contributed by atoms with Crippen molar-refractivity contribution >= 4 is 0 Å². The normalized spacial score (nSPS) is 14.1. The Kier molecular flexibility index (Phi) is 7.23. The zero-order valence-electron chi connectivity index (χ0n) is 9.45. The zero-order valence-corrected chi connectivity index (χ0v) is 9.45. The first-order valence-corrected chi connectivity index (χ1v) is 5.11. The van der Waals surface area contributed by atoms with Gasteiger partial charge in [0.05, 0.1) is 6.10 Å². The van der Waals surface area contributed by atoms with E-state index in [0.717, 1.165) is 26.2 Å². The summed E-state index contributed by atoms with van der Waals surface area (Å²) in [4.78, 5) is 4.48. The second-order valence-corrected chi connectivity index (χ2v) is 3.90. The van der Waals surface area contributed by atoms with Crippen LogP contribution in [0.4, 0.5) is 0 Å². The maximum Gasteiger partial charge on any atom is 0.0639 e. The highest BCUT2D eigenvalue weighted by Gasteiger charge is 2.05.